The zero-order valence-corrected chi connectivity index (χ0v) is 34.0. The second-order valence-corrected chi connectivity index (χ2v) is 12.7. The first-order valence-electron chi connectivity index (χ1n) is 12.3. The van der Waals surface area contributed by atoms with Crippen molar-refractivity contribution in [1.29, 1.82) is 0 Å². The van der Waals surface area contributed by atoms with E-state index in [0.717, 1.165) is 60.7 Å². The molecule has 0 unspecified atom stereocenters. The largest absolute Gasteiger partial charge is 0.269 e. The molecule has 0 aliphatic rings. The molecule has 0 heterocycles. The molecule has 0 N–H and O–H groups in total. The van der Waals surface area contributed by atoms with Gasteiger partial charge in [0, 0.05) is 0 Å². The Labute approximate surface area is 354 Å². The van der Waals surface area contributed by atoms with E-state index in [1.807, 2.05) is 0 Å². The van der Waals surface area contributed by atoms with Gasteiger partial charge < -0.3 is 0 Å². The summed E-state index contributed by atoms with van der Waals surface area (Å²) < 4.78 is 125. The van der Waals surface area contributed by atoms with Crippen LogP contribution < -0.4 is 0 Å². The molecule has 0 fully saturated rings. The molecule has 0 aliphatic heterocycles. The van der Waals surface area contributed by atoms with Crippen LogP contribution in [-0.4, -0.2) is 0 Å². The summed E-state index contributed by atoms with van der Waals surface area (Å²) in [5, 5.41) is -0.595. The lowest BCUT2D eigenvalue weighted by Crippen LogP contribution is -1.84. The molecule has 5 aromatic carbocycles. The van der Waals surface area contributed by atoms with E-state index in [1.54, 1.807) is 0 Å². The van der Waals surface area contributed by atoms with Crippen LogP contribution in [0.4, 0.5) is 67.4 Å². The third-order valence-electron chi connectivity index (χ3n) is 5.10. The second kappa shape index (κ2) is 29.5. The first-order chi connectivity index (χ1) is 23.1. The molecule has 0 nitrogen and oxygen atoms in total. The maximum Gasteiger partial charge on any atom is 0.158 e. The van der Waals surface area contributed by atoms with Gasteiger partial charge in [-0.2, -0.15) is 0 Å². The number of hydrogen-bond donors (Lipinski definition) is 5. The average molecular weight is 1000 g/mol. The molecule has 0 bridgehead atoms. The van der Waals surface area contributed by atoms with Crippen LogP contribution in [0.2, 0.25) is 25.1 Å². The van der Waals surface area contributed by atoms with Gasteiger partial charge in [0.05, 0.1) is 49.6 Å². The molecule has 0 radical (unpaired) electrons. The normalized spacial score (nSPS) is 9.09. The standard InChI is InChI=1S/5C6H3ClF2S.5FH/c5*7-3-1-2-4(8)6(10)5(3)9;;;;;/h5*1-2,10H;5*1H. The van der Waals surface area contributed by atoms with Crippen molar-refractivity contribution in [3.05, 3.63) is 144 Å². The van der Waals surface area contributed by atoms with Gasteiger partial charge >= 0.3 is 0 Å². The topological polar surface area (TPSA) is 0 Å². The van der Waals surface area contributed by atoms with Crippen LogP contribution in [0.25, 0.3) is 0 Å². The summed E-state index contributed by atoms with van der Waals surface area (Å²) in [6, 6.07) is 11.0. The molecular weight excluding hydrogens is 983 g/mol. The Hall–Kier alpha value is -1.75. The second-order valence-electron chi connectivity index (χ2n) is 8.46. The van der Waals surface area contributed by atoms with Crippen LogP contribution >= 0.6 is 121 Å². The van der Waals surface area contributed by atoms with Crippen LogP contribution in [0.1, 0.15) is 0 Å². The summed E-state index contributed by atoms with van der Waals surface area (Å²) >= 11 is 44.2. The molecular formula is C30H20Cl5F15S5. The molecule has 55 heavy (non-hydrogen) atoms. The average Bonchev–Trinajstić information content (AvgIpc) is 3.10. The highest BCUT2D eigenvalue weighted by molar-refractivity contribution is 7.81. The fourth-order valence-corrected chi connectivity index (χ4v) is 4.67. The van der Waals surface area contributed by atoms with Crippen molar-refractivity contribution in [1.82, 2.24) is 0 Å². The van der Waals surface area contributed by atoms with Crippen molar-refractivity contribution in [2.45, 2.75) is 24.5 Å². The van der Waals surface area contributed by atoms with Gasteiger partial charge in [-0.25, -0.2) is 43.9 Å². The molecule has 0 aromatic heterocycles. The van der Waals surface area contributed by atoms with Gasteiger partial charge in [-0.15, -0.1) is 63.1 Å². The summed E-state index contributed by atoms with van der Waals surface area (Å²) in [7, 11) is 0. The lowest BCUT2D eigenvalue weighted by atomic mass is 10.3. The Bertz CT molecular complexity index is 1510. The summed E-state index contributed by atoms with van der Waals surface area (Å²) in [4.78, 5) is -1.70. The molecule has 0 spiro atoms. The van der Waals surface area contributed by atoms with Crippen LogP contribution in [0.5, 0.6) is 0 Å². The summed E-state index contributed by atoms with van der Waals surface area (Å²) in [6.45, 7) is 0. The molecule has 310 valence electrons. The quantitative estimate of drug-likeness (QED) is 0.0570. The van der Waals surface area contributed by atoms with Crippen molar-refractivity contribution in [2.24, 2.45) is 0 Å². The fourth-order valence-electron chi connectivity index (χ4n) is 2.58. The van der Waals surface area contributed by atoms with Gasteiger partial charge in [-0.1, -0.05) is 58.0 Å². The number of rotatable bonds is 0. The Morgan fingerprint density at radius 1 is 0.255 bits per heavy atom. The maximum atomic E-state index is 12.5. The highest BCUT2D eigenvalue weighted by Crippen LogP contribution is 2.26. The molecule has 0 saturated carbocycles. The predicted molar refractivity (Wildman–Crippen MR) is 206 cm³/mol. The van der Waals surface area contributed by atoms with Gasteiger partial charge in [0.1, 0.15) is 29.1 Å². The van der Waals surface area contributed by atoms with Crippen LogP contribution in [0.3, 0.4) is 0 Å². The zero-order chi connectivity index (χ0) is 38.6. The molecule has 0 atom stereocenters. The molecule has 5 rings (SSSR count). The Morgan fingerprint density at radius 3 is 0.455 bits per heavy atom. The van der Waals surface area contributed by atoms with Gasteiger partial charge in [-0.3, -0.25) is 23.5 Å². The predicted octanol–water partition coefficient (Wildman–Crippen LogP) is 15.3. The van der Waals surface area contributed by atoms with Crippen molar-refractivity contribution in [3.8, 4) is 0 Å². The van der Waals surface area contributed by atoms with Gasteiger partial charge in [0.2, 0.25) is 0 Å². The fraction of sp³-hybridized carbons (Fsp3) is 0. The van der Waals surface area contributed by atoms with Crippen molar-refractivity contribution in [3.63, 3.8) is 0 Å². The van der Waals surface area contributed by atoms with Gasteiger partial charge in [0.15, 0.2) is 29.1 Å². The lowest BCUT2D eigenvalue weighted by molar-refractivity contribution is 0.541. The molecule has 0 aliphatic carbocycles. The lowest BCUT2D eigenvalue weighted by Gasteiger charge is -1.97. The van der Waals surface area contributed by atoms with E-state index in [-0.39, 0.29) is 73.1 Å². The first kappa shape index (κ1) is 62.4. The number of thiol groups is 5. The van der Waals surface area contributed by atoms with Crippen molar-refractivity contribution < 1.29 is 67.4 Å². The van der Waals surface area contributed by atoms with E-state index in [1.165, 1.54) is 0 Å². The molecule has 25 heteroatoms. The Morgan fingerprint density at radius 2 is 0.364 bits per heavy atom. The molecule has 0 saturated heterocycles. The molecule has 5 aromatic rings. The monoisotopic (exact) mass is 1000 g/mol. The third kappa shape index (κ3) is 19.0. The minimum Gasteiger partial charge on any atom is -0.269 e. The van der Waals surface area contributed by atoms with Gasteiger partial charge in [0.25, 0.3) is 0 Å². The molecule has 0 amide bonds. The summed E-state index contributed by atoms with van der Waals surface area (Å²) in [5.74, 6) is -7.59. The minimum atomic E-state index is -0.815. The SMILES string of the molecule is F.F.F.F.F.Fc1ccc(Cl)c(F)c1S.Fc1ccc(Cl)c(F)c1S.Fc1ccc(Cl)c(F)c1S.Fc1ccc(Cl)c(F)c1S.Fc1ccc(Cl)c(F)c1S. The number of halogens is 20. The zero-order valence-electron chi connectivity index (χ0n) is 25.7. The number of hydrogen-bond acceptors (Lipinski definition) is 5. The summed E-state index contributed by atoms with van der Waals surface area (Å²) in [5.41, 5.74) is 0. The Balaban J connectivity index is -0.000000185. The van der Waals surface area contributed by atoms with E-state index in [2.05, 4.69) is 63.1 Å². The smallest absolute Gasteiger partial charge is 0.158 e. The van der Waals surface area contributed by atoms with Crippen LogP contribution in [0, 0.1) is 58.2 Å². The van der Waals surface area contributed by atoms with Crippen molar-refractivity contribution in [2.75, 3.05) is 0 Å². The van der Waals surface area contributed by atoms with E-state index in [0.29, 0.717) is 0 Å². The third-order valence-corrected chi connectivity index (χ3v) is 8.61. The maximum absolute atomic E-state index is 12.5. The van der Waals surface area contributed by atoms with E-state index in [9.17, 15) is 43.9 Å². The van der Waals surface area contributed by atoms with E-state index < -0.39 is 58.2 Å². The summed E-state index contributed by atoms with van der Waals surface area (Å²) in [6.07, 6.45) is 0. The number of benzene rings is 5. The first-order valence-corrected chi connectivity index (χ1v) is 16.4. The minimum absolute atomic E-state index is 0. The van der Waals surface area contributed by atoms with E-state index >= 15 is 0 Å². The van der Waals surface area contributed by atoms with Crippen LogP contribution in [-0.2, 0) is 0 Å². The van der Waals surface area contributed by atoms with Gasteiger partial charge in [-0.05, 0) is 60.7 Å². The highest BCUT2D eigenvalue weighted by Gasteiger charge is 2.10. The van der Waals surface area contributed by atoms with E-state index in [4.69, 9.17) is 58.0 Å². The van der Waals surface area contributed by atoms with Crippen LogP contribution in [0.15, 0.2) is 85.1 Å². The highest BCUT2D eigenvalue weighted by atomic mass is 35.5. The Kier molecular flexibility index (Phi) is 33.5. The van der Waals surface area contributed by atoms with Crippen molar-refractivity contribution >= 4 is 121 Å².